The normalized spacial score (nSPS) is 15.9. The van der Waals surface area contributed by atoms with Crippen molar-refractivity contribution < 1.29 is 17.6 Å². The van der Waals surface area contributed by atoms with E-state index in [0.717, 1.165) is 12.0 Å². The number of carbonyl (C=O) groups is 1. The molecule has 3 rings (SSSR count). The molecule has 1 amide bonds. The summed E-state index contributed by atoms with van der Waals surface area (Å²) in [4.78, 5) is 12.5. The van der Waals surface area contributed by atoms with Crippen molar-refractivity contribution in [2.24, 2.45) is 0 Å². The van der Waals surface area contributed by atoms with Crippen molar-refractivity contribution in [2.75, 3.05) is 28.9 Å². The molecule has 1 fully saturated rings. The number of halogens is 1. The predicted octanol–water partition coefficient (Wildman–Crippen LogP) is 3.73. The van der Waals surface area contributed by atoms with Gasteiger partial charge in [-0.15, -0.1) is 0 Å². The Morgan fingerprint density at radius 1 is 1.21 bits per heavy atom. The van der Waals surface area contributed by atoms with E-state index in [1.807, 2.05) is 6.92 Å². The molecule has 1 saturated heterocycles. The van der Waals surface area contributed by atoms with Crippen LogP contribution in [0.1, 0.15) is 34.3 Å². The first-order chi connectivity index (χ1) is 13.9. The van der Waals surface area contributed by atoms with Gasteiger partial charge in [-0.2, -0.15) is 11.8 Å². The van der Waals surface area contributed by atoms with Gasteiger partial charge in [-0.05, 0) is 49.1 Å². The smallest absolute Gasteiger partial charge is 0.251 e. The quantitative estimate of drug-likeness (QED) is 0.672. The number of nitrogens with zero attached hydrogens (tertiary/aromatic N) is 1. The number of sulfonamides is 1. The number of anilines is 1. The summed E-state index contributed by atoms with van der Waals surface area (Å²) in [6.07, 6.45) is 1.48. The van der Waals surface area contributed by atoms with E-state index in [2.05, 4.69) is 5.32 Å². The van der Waals surface area contributed by atoms with Crippen LogP contribution in [0.5, 0.6) is 0 Å². The highest BCUT2D eigenvalue weighted by atomic mass is 32.2. The fourth-order valence-corrected chi connectivity index (χ4v) is 5.75. The minimum atomic E-state index is -3.33. The Balaban J connectivity index is 1.56. The summed E-state index contributed by atoms with van der Waals surface area (Å²) in [6.45, 7) is 2.74. The molecule has 0 spiro atoms. The van der Waals surface area contributed by atoms with Crippen LogP contribution in [-0.4, -0.2) is 38.9 Å². The van der Waals surface area contributed by atoms with E-state index in [9.17, 15) is 17.6 Å². The molecular weight excluding hydrogens is 411 g/mol. The molecule has 1 aliphatic heterocycles. The molecular formula is C21H25FN2O3S2. The second-order valence-corrected chi connectivity index (χ2v) is 10.1. The second-order valence-electron chi connectivity index (χ2n) is 7.00. The van der Waals surface area contributed by atoms with E-state index in [0.29, 0.717) is 47.8 Å². The number of aryl methyl sites for hydroxylation is 1. The van der Waals surface area contributed by atoms with Gasteiger partial charge in [0.25, 0.3) is 5.91 Å². The number of hydrogen-bond donors (Lipinski definition) is 1. The van der Waals surface area contributed by atoms with E-state index in [-0.39, 0.29) is 17.5 Å². The Morgan fingerprint density at radius 2 is 2.00 bits per heavy atom. The molecule has 2 aromatic carbocycles. The molecule has 0 saturated carbocycles. The van der Waals surface area contributed by atoms with Gasteiger partial charge >= 0.3 is 0 Å². The first-order valence-electron chi connectivity index (χ1n) is 9.59. The van der Waals surface area contributed by atoms with Gasteiger partial charge in [0.2, 0.25) is 10.0 Å². The summed E-state index contributed by atoms with van der Waals surface area (Å²) in [7, 11) is -3.33. The van der Waals surface area contributed by atoms with Crippen molar-refractivity contribution in [3.8, 4) is 0 Å². The molecule has 1 heterocycles. The van der Waals surface area contributed by atoms with E-state index in [4.69, 9.17) is 0 Å². The average molecular weight is 437 g/mol. The van der Waals surface area contributed by atoms with Gasteiger partial charge in [0, 0.05) is 30.2 Å². The van der Waals surface area contributed by atoms with Gasteiger partial charge < -0.3 is 5.32 Å². The third-order valence-electron chi connectivity index (χ3n) is 4.84. The molecule has 29 heavy (non-hydrogen) atoms. The molecule has 5 nitrogen and oxygen atoms in total. The molecule has 0 bridgehead atoms. The average Bonchev–Trinajstić information content (AvgIpc) is 2.69. The number of rotatable bonds is 7. The van der Waals surface area contributed by atoms with Crippen molar-refractivity contribution in [1.29, 1.82) is 0 Å². The van der Waals surface area contributed by atoms with E-state index in [1.54, 1.807) is 48.2 Å². The van der Waals surface area contributed by atoms with Gasteiger partial charge in [0.1, 0.15) is 5.82 Å². The lowest BCUT2D eigenvalue weighted by Crippen LogP contribution is -2.38. The largest absolute Gasteiger partial charge is 0.351 e. The summed E-state index contributed by atoms with van der Waals surface area (Å²) < 4.78 is 39.8. The van der Waals surface area contributed by atoms with E-state index < -0.39 is 10.0 Å². The molecule has 0 atom stereocenters. The summed E-state index contributed by atoms with van der Waals surface area (Å²) in [6, 6.07) is 11.8. The minimum absolute atomic E-state index is 0.141. The first-order valence-corrected chi connectivity index (χ1v) is 12.4. The Bertz CT molecular complexity index is 980. The van der Waals surface area contributed by atoms with Crippen LogP contribution in [0.4, 0.5) is 10.1 Å². The van der Waals surface area contributed by atoms with Crippen molar-refractivity contribution in [3.63, 3.8) is 0 Å². The standard InChI is InChI=1S/C21H25FN2O3S2/c1-16-8-9-17(14-20(16)24-11-4-5-13-29(24,26)27)21(25)23-10-12-28-15-18-6-2-3-7-19(18)22/h2-3,6-9,14H,4-5,10-13,15H2,1H3,(H,23,25). The monoisotopic (exact) mass is 436 g/mol. The maximum absolute atomic E-state index is 13.6. The lowest BCUT2D eigenvalue weighted by Gasteiger charge is -2.29. The highest BCUT2D eigenvalue weighted by Gasteiger charge is 2.27. The number of nitrogens with one attached hydrogen (secondary N) is 1. The van der Waals surface area contributed by atoms with E-state index in [1.165, 1.54) is 10.4 Å². The number of benzene rings is 2. The molecule has 1 N–H and O–H groups in total. The summed E-state index contributed by atoms with van der Waals surface area (Å²) in [5.74, 6) is 0.877. The molecule has 0 radical (unpaired) electrons. The molecule has 0 aliphatic carbocycles. The maximum atomic E-state index is 13.6. The third-order valence-corrected chi connectivity index (χ3v) is 7.70. The van der Waals surface area contributed by atoms with Gasteiger partial charge in [-0.3, -0.25) is 9.10 Å². The fourth-order valence-electron chi connectivity index (χ4n) is 3.22. The second kappa shape index (κ2) is 9.63. The zero-order valence-electron chi connectivity index (χ0n) is 16.4. The summed E-state index contributed by atoms with van der Waals surface area (Å²) in [5.41, 5.74) is 2.49. The predicted molar refractivity (Wildman–Crippen MR) is 116 cm³/mol. The lowest BCUT2D eigenvalue weighted by molar-refractivity contribution is 0.0956. The van der Waals surface area contributed by atoms with Crippen molar-refractivity contribution >= 4 is 33.4 Å². The third kappa shape index (κ3) is 5.51. The first kappa shape index (κ1) is 21.6. The highest BCUT2D eigenvalue weighted by molar-refractivity contribution is 7.98. The van der Waals surface area contributed by atoms with Crippen LogP contribution in [0, 0.1) is 12.7 Å². The van der Waals surface area contributed by atoms with Crippen LogP contribution in [0.25, 0.3) is 0 Å². The van der Waals surface area contributed by atoms with Crippen LogP contribution < -0.4 is 9.62 Å². The lowest BCUT2D eigenvalue weighted by atomic mass is 10.1. The topological polar surface area (TPSA) is 66.5 Å². The van der Waals surface area contributed by atoms with Gasteiger partial charge in [-0.1, -0.05) is 24.3 Å². The van der Waals surface area contributed by atoms with Crippen molar-refractivity contribution in [2.45, 2.75) is 25.5 Å². The minimum Gasteiger partial charge on any atom is -0.351 e. The van der Waals surface area contributed by atoms with Crippen LogP contribution in [-0.2, 0) is 15.8 Å². The molecule has 8 heteroatoms. The van der Waals surface area contributed by atoms with Gasteiger partial charge in [0.05, 0.1) is 11.4 Å². The van der Waals surface area contributed by atoms with Crippen LogP contribution in [0.2, 0.25) is 0 Å². The Labute approximate surface area is 175 Å². The summed E-state index contributed by atoms with van der Waals surface area (Å²) >= 11 is 1.54. The molecule has 156 valence electrons. The van der Waals surface area contributed by atoms with Crippen LogP contribution in [0.15, 0.2) is 42.5 Å². The SMILES string of the molecule is Cc1ccc(C(=O)NCCSCc2ccccc2F)cc1N1CCCCS1(=O)=O. The number of carbonyl (C=O) groups excluding carboxylic acids is 1. The molecule has 0 aromatic heterocycles. The maximum Gasteiger partial charge on any atom is 0.251 e. The number of hydrogen-bond acceptors (Lipinski definition) is 4. The zero-order valence-corrected chi connectivity index (χ0v) is 18.0. The number of thioether (sulfide) groups is 1. The van der Waals surface area contributed by atoms with Gasteiger partial charge in [-0.25, -0.2) is 12.8 Å². The molecule has 1 aliphatic rings. The molecule has 0 unspecified atom stereocenters. The Morgan fingerprint density at radius 3 is 2.76 bits per heavy atom. The highest BCUT2D eigenvalue weighted by Crippen LogP contribution is 2.28. The Kier molecular flexibility index (Phi) is 7.18. The van der Waals surface area contributed by atoms with Crippen molar-refractivity contribution in [1.82, 2.24) is 5.32 Å². The number of amides is 1. The van der Waals surface area contributed by atoms with Crippen LogP contribution >= 0.6 is 11.8 Å². The van der Waals surface area contributed by atoms with Crippen molar-refractivity contribution in [3.05, 3.63) is 65.0 Å². The van der Waals surface area contributed by atoms with E-state index >= 15 is 0 Å². The van der Waals surface area contributed by atoms with Gasteiger partial charge in [0.15, 0.2) is 0 Å². The molecule has 2 aromatic rings. The Hall–Kier alpha value is -2.06. The fraction of sp³-hybridized carbons (Fsp3) is 0.381. The summed E-state index contributed by atoms with van der Waals surface area (Å²) in [5, 5.41) is 2.85. The zero-order chi connectivity index (χ0) is 20.9. The van der Waals surface area contributed by atoms with Crippen LogP contribution in [0.3, 0.4) is 0 Å².